The number of nitrogens with zero attached hydrogens (tertiary/aromatic N) is 1. The van der Waals surface area contributed by atoms with E-state index in [0.29, 0.717) is 11.1 Å². The lowest BCUT2D eigenvalue weighted by molar-refractivity contribution is -0.0354. The van der Waals surface area contributed by atoms with E-state index in [1.165, 1.54) is 38.5 Å². The van der Waals surface area contributed by atoms with E-state index in [1.807, 2.05) is 0 Å². The highest BCUT2D eigenvalue weighted by molar-refractivity contribution is 5.07. The third-order valence-corrected chi connectivity index (χ3v) is 5.10. The molecule has 1 fully saturated rings. The molecule has 0 bridgehead atoms. The Balaban J connectivity index is 2.95. The summed E-state index contributed by atoms with van der Waals surface area (Å²) >= 11 is 0. The van der Waals surface area contributed by atoms with Gasteiger partial charge in [0.15, 0.2) is 0 Å². The maximum atomic E-state index is 2.71. The smallest absolute Gasteiger partial charge is 0.0209 e. The monoisotopic (exact) mass is 210 g/mol. The molecular weight excluding hydrogens is 182 g/mol. The van der Waals surface area contributed by atoms with Crippen LogP contribution in [-0.4, -0.2) is 23.0 Å². The van der Waals surface area contributed by atoms with Crippen LogP contribution < -0.4 is 0 Å². The number of likely N-dealkylation sites (tertiary alicyclic amines) is 1. The van der Waals surface area contributed by atoms with Gasteiger partial charge < -0.3 is 0 Å². The molecule has 15 heavy (non-hydrogen) atoms. The van der Waals surface area contributed by atoms with Crippen molar-refractivity contribution in [2.75, 3.05) is 7.05 Å². The summed E-state index contributed by atoms with van der Waals surface area (Å²) in [4.78, 5) is 2.71. The molecule has 1 radical (unpaired) electrons. The van der Waals surface area contributed by atoms with Gasteiger partial charge in [-0.1, -0.05) is 27.7 Å². The second-order valence-corrected chi connectivity index (χ2v) is 5.12. The molecule has 0 aromatic carbocycles. The van der Waals surface area contributed by atoms with Gasteiger partial charge in [0.1, 0.15) is 0 Å². The molecular formula is C14H28N. The SMILES string of the molecule is CCC1(CC)C[CH]CC(CC)(CC)N1C. The molecule has 0 atom stereocenters. The van der Waals surface area contributed by atoms with Crippen LogP contribution in [0.1, 0.15) is 66.2 Å². The average Bonchev–Trinajstić information content (AvgIpc) is 2.30. The Morgan fingerprint density at radius 3 is 1.47 bits per heavy atom. The van der Waals surface area contributed by atoms with Crippen LogP contribution >= 0.6 is 0 Å². The van der Waals surface area contributed by atoms with Crippen LogP contribution in [0.15, 0.2) is 0 Å². The summed E-state index contributed by atoms with van der Waals surface area (Å²) < 4.78 is 0. The number of rotatable bonds is 4. The molecule has 0 saturated carbocycles. The maximum Gasteiger partial charge on any atom is 0.0209 e. The summed E-state index contributed by atoms with van der Waals surface area (Å²) in [5.41, 5.74) is 0.870. The third kappa shape index (κ3) is 1.95. The summed E-state index contributed by atoms with van der Waals surface area (Å²) in [6, 6.07) is 0. The Labute approximate surface area is 96.2 Å². The molecule has 1 saturated heterocycles. The van der Waals surface area contributed by atoms with Crippen LogP contribution in [0, 0.1) is 6.42 Å². The topological polar surface area (TPSA) is 3.24 Å². The van der Waals surface area contributed by atoms with Crippen LogP contribution in [0.4, 0.5) is 0 Å². The fourth-order valence-corrected chi connectivity index (χ4v) is 3.41. The highest BCUT2D eigenvalue weighted by Crippen LogP contribution is 2.43. The van der Waals surface area contributed by atoms with Gasteiger partial charge in [-0.3, -0.25) is 4.90 Å². The van der Waals surface area contributed by atoms with Crippen molar-refractivity contribution in [3.8, 4) is 0 Å². The summed E-state index contributed by atoms with van der Waals surface area (Å²) in [5.74, 6) is 0. The molecule has 0 unspecified atom stereocenters. The van der Waals surface area contributed by atoms with E-state index in [4.69, 9.17) is 0 Å². The minimum atomic E-state index is 0.435. The van der Waals surface area contributed by atoms with Gasteiger partial charge in [-0.2, -0.15) is 0 Å². The molecule has 1 aliphatic rings. The molecule has 1 heterocycles. The summed E-state index contributed by atoms with van der Waals surface area (Å²) in [6.07, 6.45) is 10.2. The molecule has 0 spiro atoms. The van der Waals surface area contributed by atoms with Gasteiger partial charge in [0.2, 0.25) is 0 Å². The fourth-order valence-electron chi connectivity index (χ4n) is 3.41. The Kier molecular flexibility index (Phi) is 4.22. The lowest BCUT2D eigenvalue weighted by Crippen LogP contribution is -2.61. The maximum absolute atomic E-state index is 2.71. The van der Waals surface area contributed by atoms with Gasteiger partial charge in [0.05, 0.1) is 0 Å². The summed E-state index contributed by atoms with van der Waals surface area (Å²) in [6.45, 7) is 9.37. The molecule has 0 aromatic rings. The molecule has 0 aliphatic carbocycles. The van der Waals surface area contributed by atoms with E-state index >= 15 is 0 Å². The van der Waals surface area contributed by atoms with Gasteiger partial charge in [-0.25, -0.2) is 0 Å². The van der Waals surface area contributed by atoms with Crippen molar-refractivity contribution in [1.29, 1.82) is 0 Å². The second kappa shape index (κ2) is 4.86. The predicted octanol–water partition coefficient (Wildman–Crippen LogP) is 4.03. The predicted molar refractivity (Wildman–Crippen MR) is 67.9 cm³/mol. The quantitative estimate of drug-likeness (QED) is 0.677. The second-order valence-electron chi connectivity index (χ2n) is 5.12. The van der Waals surface area contributed by atoms with Gasteiger partial charge >= 0.3 is 0 Å². The Bertz CT molecular complexity index is 170. The zero-order valence-electron chi connectivity index (χ0n) is 11.3. The van der Waals surface area contributed by atoms with Crippen molar-refractivity contribution >= 4 is 0 Å². The zero-order chi connectivity index (χ0) is 11.5. The first-order chi connectivity index (χ1) is 7.10. The van der Waals surface area contributed by atoms with Gasteiger partial charge in [0.25, 0.3) is 0 Å². The van der Waals surface area contributed by atoms with Gasteiger partial charge in [-0.05, 0) is 52.0 Å². The highest BCUT2D eigenvalue weighted by Gasteiger charge is 2.45. The average molecular weight is 210 g/mol. The molecule has 0 aromatic heterocycles. The lowest BCUT2D eigenvalue weighted by Gasteiger charge is -2.56. The first-order valence-electron chi connectivity index (χ1n) is 6.66. The molecule has 89 valence electrons. The fraction of sp³-hybridized carbons (Fsp3) is 0.929. The normalized spacial score (nSPS) is 25.4. The first-order valence-corrected chi connectivity index (χ1v) is 6.66. The van der Waals surface area contributed by atoms with Crippen molar-refractivity contribution in [2.24, 2.45) is 0 Å². The lowest BCUT2D eigenvalue weighted by atomic mass is 9.72. The molecule has 1 aliphatic heterocycles. The molecule has 0 N–H and O–H groups in total. The van der Waals surface area contributed by atoms with Crippen LogP contribution in [-0.2, 0) is 0 Å². The van der Waals surface area contributed by atoms with Crippen molar-refractivity contribution in [2.45, 2.75) is 77.3 Å². The van der Waals surface area contributed by atoms with E-state index in [-0.39, 0.29) is 0 Å². The Morgan fingerprint density at radius 2 is 1.20 bits per heavy atom. The Morgan fingerprint density at radius 1 is 0.867 bits per heavy atom. The zero-order valence-corrected chi connectivity index (χ0v) is 11.3. The summed E-state index contributed by atoms with van der Waals surface area (Å²) in [5, 5.41) is 0. The van der Waals surface area contributed by atoms with E-state index < -0.39 is 0 Å². The van der Waals surface area contributed by atoms with Crippen LogP contribution in [0.25, 0.3) is 0 Å². The van der Waals surface area contributed by atoms with E-state index in [9.17, 15) is 0 Å². The number of hydrogen-bond acceptors (Lipinski definition) is 1. The number of hydrogen-bond donors (Lipinski definition) is 0. The number of piperidine rings is 1. The minimum Gasteiger partial charge on any atom is -0.295 e. The van der Waals surface area contributed by atoms with Crippen LogP contribution in [0.5, 0.6) is 0 Å². The molecule has 1 nitrogen and oxygen atoms in total. The summed E-state index contributed by atoms with van der Waals surface area (Å²) in [7, 11) is 2.35. The van der Waals surface area contributed by atoms with Crippen LogP contribution in [0.3, 0.4) is 0 Å². The highest BCUT2D eigenvalue weighted by atomic mass is 15.2. The molecule has 1 heteroatoms. The van der Waals surface area contributed by atoms with Crippen molar-refractivity contribution in [1.82, 2.24) is 4.90 Å². The van der Waals surface area contributed by atoms with Crippen LogP contribution in [0.2, 0.25) is 0 Å². The van der Waals surface area contributed by atoms with Gasteiger partial charge in [0, 0.05) is 11.1 Å². The third-order valence-electron chi connectivity index (χ3n) is 5.10. The van der Waals surface area contributed by atoms with Crippen molar-refractivity contribution < 1.29 is 0 Å². The van der Waals surface area contributed by atoms with E-state index in [2.05, 4.69) is 46.1 Å². The largest absolute Gasteiger partial charge is 0.295 e. The standard InChI is InChI=1S/C14H28N/c1-6-13(7-2)11-10-12-14(8-3,9-4)15(13)5/h10H,6-9,11-12H2,1-5H3. The van der Waals surface area contributed by atoms with Gasteiger partial charge in [-0.15, -0.1) is 0 Å². The first kappa shape index (κ1) is 13.0. The van der Waals surface area contributed by atoms with Crippen molar-refractivity contribution in [3.63, 3.8) is 0 Å². The Hall–Kier alpha value is -0.0400. The van der Waals surface area contributed by atoms with Crippen molar-refractivity contribution in [3.05, 3.63) is 6.42 Å². The van der Waals surface area contributed by atoms with E-state index in [1.54, 1.807) is 0 Å². The molecule has 1 rings (SSSR count). The minimum absolute atomic E-state index is 0.435. The molecule has 0 amide bonds. The van der Waals surface area contributed by atoms with E-state index in [0.717, 1.165) is 0 Å².